The van der Waals surface area contributed by atoms with Crippen molar-refractivity contribution in [3.05, 3.63) is 72.2 Å². The van der Waals surface area contributed by atoms with Crippen LogP contribution in [-0.4, -0.2) is 0 Å². The van der Waals surface area contributed by atoms with Crippen LogP contribution in [0.3, 0.4) is 0 Å². The van der Waals surface area contributed by atoms with E-state index in [0.717, 1.165) is 0 Å². The Labute approximate surface area is 100 Å². The molecule has 0 saturated carbocycles. The van der Waals surface area contributed by atoms with E-state index in [4.69, 9.17) is 0 Å². The van der Waals surface area contributed by atoms with Gasteiger partial charge in [-0.2, -0.15) is 0 Å². The highest BCUT2D eigenvalue weighted by Gasteiger charge is 2.11. The molecule has 0 bridgehead atoms. The summed E-state index contributed by atoms with van der Waals surface area (Å²) in [5, 5.41) is 5.36. The Morgan fingerprint density at radius 2 is 1.53 bits per heavy atom. The molecule has 3 aromatic carbocycles. The second kappa shape index (κ2) is 3.21. The predicted octanol–water partition coefficient (Wildman–Crippen LogP) is 4.57. The van der Waals surface area contributed by atoms with Gasteiger partial charge in [-0.3, -0.25) is 0 Å². The number of hydrogen-bond donors (Lipinski definition) is 0. The molecular formula is C17H11. The lowest BCUT2D eigenvalue weighted by molar-refractivity contribution is 1.62. The van der Waals surface area contributed by atoms with Gasteiger partial charge in [-0.15, -0.1) is 0 Å². The van der Waals surface area contributed by atoms with Crippen LogP contribution in [0.25, 0.3) is 27.6 Å². The molecule has 1 aliphatic rings. The average molecular weight is 215 g/mol. The first-order valence-corrected chi connectivity index (χ1v) is 5.89. The van der Waals surface area contributed by atoms with E-state index in [1.807, 2.05) is 0 Å². The number of allylic oxidation sites excluding steroid dienone is 1. The van der Waals surface area contributed by atoms with E-state index in [1.54, 1.807) is 0 Å². The molecule has 0 N–H and O–H groups in total. The minimum atomic E-state index is 1.31. The van der Waals surface area contributed by atoms with Crippen LogP contribution in [0.4, 0.5) is 0 Å². The Morgan fingerprint density at radius 3 is 2.53 bits per heavy atom. The van der Waals surface area contributed by atoms with Crippen molar-refractivity contribution < 1.29 is 0 Å². The van der Waals surface area contributed by atoms with Gasteiger partial charge in [0, 0.05) is 6.42 Å². The van der Waals surface area contributed by atoms with Gasteiger partial charge in [-0.1, -0.05) is 60.7 Å². The fraction of sp³-hybridized carbons (Fsp3) is 0. The maximum atomic E-state index is 2.21. The number of hydrogen-bond acceptors (Lipinski definition) is 0. The highest BCUT2D eigenvalue weighted by Crippen LogP contribution is 2.34. The van der Waals surface area contributed by atoms with Crippen molar-refractivity contribution >= 4 is 27.6 Å². The normalized spacial score (nSPS) is 13.4. The zero-order chi connectivity index (χ0) is 11.2. The largest absolute Gasteiger partial charge is 0.0754 e. The van der Waals surface area contributed by atoms with E-state index in [2.05, 4.69) is 67.1 Å². The van der Waals surface area contributed by atoms with Crippen molar-refractivity contribution in [1.82, 2.24) is 0 Å². The smallest absolute Gasteiger partial charge is 0.0138 e. The Bertz CT molecular complexity index is 763. The zero-order valence-corrected chi connectivity index (χ0v) is 9.35. The van der Waals surface area contributed by atoms with E-state index in [0.29, 0.717) is 0 Å². The molecular weight excluding hydrogens is 204 g/mol. The molecule has 0 atom stereocenters. The third-order valence-electron chi connectivity index (χ3n) is 3.52. The lowest BCUT2D eigenvalue weighted by Gasteiger charge is -2.09. The molecule has 1 aliphatic carbocycles. The van der Waals surface area contributed by atoms with Gasteiger partial charge in [0.15, 0.2) is 0 Å². The van der Waals surface area contributed by atoms with Gasteiger partial charge in [0.05, 0.1) is 0 Å². The van der Waals surface area contributed by atoms with E-state index in [9.17, 15) is 0 Å². The summed E-state index contributed by atoms with van der Waals surface area (Å²) in [5.41, 5.74) is 2.69. The molecule has 79 valence electrons. The molecule has 0 saturated heterocycles. The van der Waals surface area contributed by atoms with E-state index in [-0.39, 0.29) is 0 Å². The van der Waals surface area contributed by atoms with Crippen molar-refractivity contribution in [1.29, 1.82) is 0 Å². The van der Waals surface area contributed by atoms with Crippen molar-refractivity contribution in [2.75, 3.05) is 0 Å². The average Bonchev–Trinajstić information content (AvgIpc) is 2.86. The highest BCUT2D eigenvalue weighted by atomic mass is 14.1. The first-order chi connectivity index (χ1) is 8.43. The first kappa shape index (κ1) is 9.00. The molecule has 0 amide bonds. The van der Waals surface area contributed by atoms with Crippen molar-refractivity contribution in [3.63, 3.8) is 0 Å². The molecule has 3 aromatic rings. The van der Waals surface area contributed by atoms with Crippen molar-refractivity contribution in [2.24, 2.45) is 0 Å². The summed E-state index contributed by atoms with van der Waals surface area (Å²) < 4.78 is 0. The second-order valence-corrected chi connectivity index (χ2v) is 4.48. The van der Waals surface area contributed by atoms with Crippen molar-refractivity contribution in [2.45, 2.75) is 0 Å². The topological polar surface area (TPSA) is 0 Å². The Hall–Kier alpha value is -2.08. The molecule has 0 heterocycles. The molecule has 17 heavy (non-hydrogen) atoms. The van der Waals surface area contributed by atoms with Gasteiger partial charge in [0.1, 0.15) is 0 Å². The second-order valence-electron chi connectivity index (χ2n) is 4.48. The third kappa shape index (κ3) is 1.18. The molecule has 0 aliphatic heterocycles. The van der Waals surface area contributed by atoms with Gasteiger partial charge in [-0.25, -0.2) is 0 Å². The van der Waals surface area contributed by atoms with Gasteiger partial charge in [-0.05, 0) is 32.7 Å². The molecule has 0 unspecified atom stereocenters. The number of rotatable bonds is 0. The van der Waals surface area contributed by atoms with E-state index >= 15 is 0 Å². The van der Waals surface area contributed by atoms with Gasteiger partial charge >= 0.3 is 0 Å². The zero-order valence-electron chi connectivity index (χ0n) is 9.35. The van der Waals surface area contributed by atoms with Crippen LogP contribution < -0.4 is 0 Å². The minimum absolute atomic E-state index is 1.31. The van der Waals surface area contributed by atoms with Crippen LogP contribution in [0.1, 0.15) is 11.1 Å². The Kier molecular flexibility index (Phi) is 1.70. The first-order valence-electron chi connectivity index (χ1n) is 5.89. The molecule has 0 spiro atoms. The molecule has 1 radical (unpaired) electrons. The molecule has 4 rings (SSSR count). The summed E-state index contributed by atoms with van der Waals surface area (Å²) in [6.45, 7) is 0. The summed E-state index contributed by atoms with van der Waals surface area (Å²) in [7, 11) is 0. The molecule has 0 aromatic heterocycles. The van der Waals surface area contributed by atoms with E-state index < -0.39 is 0 Å². The van der Waals surface area contributed by atoms with Crippen LogP contribution >= 0.6 is 0 Å². The Morgan fingerprint density at radius 1 is 0.706 bits per heavy atom. The summed E-state index contributed by atoms with van der Waals surface area (Å²) in [4.78, 5) is 0. The Balaban J connectivity index is 2.29. The summed E-state index contributed by atoms with van der Waals surface area (Å²) in [6.07, 6.45) is 6.52. The number of fused-ring (bicyclic) bond motifs is 5. The SMILES string of the molecule is [CH]1C=Cc2ccc3ccc4ccccc4c3c21. The summed E-state index contributed by atoms with van der Waals surface area (Å²) in [5.74, 6) is 0. The van der Waals surface area contributed by atoms with Gasteiger partial charge in [0.25, 0.3) is 0 Å². The fourth-order valence-corrected chi connectivity index (χ4v) is 2.71. The van der Waals surface area contributed by atoms with Crippen LogP contribution in [0.5, 0.6) is 0 Å². The summed E-state index contributed by atoms with van der Waals surface area (Å²) >= 11 is 0. The minimum Gasteiger partial charge on any atom is -0.0754 e. The monoisotopic (exact) mass is 215 g/mol. The standard InChI is InChI=1S/C17H11/c1-2-6-15-12(4-1)8-10-14-11-9-13-5-3-7-16(13)17(14)15/h1-11H. The molecule has 0 nitrogen and oxygen atoms in total. The van der Waals surface area contributed by atoms with Crippen LogP contribution in [-0.2, 0) is 0 Å². The summed E-state index contributed by atoms with van der Waals surface area (Å²) in [6, 6.07) is 17.4. The van der Waals surface area contributed by atoms with Gasteiger partial charge in [0.2, 0.25) is 0 Å². The van der Waals surface area contributed by atoms with Crippen molar-refractivity contribution in [3.8, 4) is 0 Å². The van der Waals surface area contributed by atoms with Crippen LogP contribution in [0.2, 0.25) is 0 Å². The quantitative estimate of drug-likeness (QED) is 0.482. The van der Waals surface area contributed by atoms with E-state index in [1.165, 1.54) is 32.7 Å². The lowest BCUT2D eigenvalue weighted by atomic mass is 9.95. The van der Waals surface area contributed by atoms with Crippen LogP contribution in [0.15, 0.2) is 54.6 Å². The maximum absolute atomic E-state index is 2.21. The molecule has 0 heteroatoms. The lowest BCUT2D eigenvalue weighted by Crippen LogP contribution is -1.85. The fourth-order valence-electron chi connectivity index (χ4n) is 2.71. The van der Waals surface area contributed by atoms with Gasteiger partial charge < -0.3 is 0 Å². The maximum Gasteiger partial charge on any atom is 0.0138 e. The third-order valence-corrected chi connectivity index (χ3v) is 3.52. The molecule has 0 fully saturated rings. The highest BCUT2D eigenvalue weighted by molar-refractivity contribution is 6.11. The number of benzene rings is 3. The van der Waals surface area contributed by atoms with Crippen LogP contribution in [0, 0.1) is 6.42 Å². The predicted molar refractivity (Wildman–Crippen MR) is 73.9 cm³/mol.